The highest BCUT2D eigenvalue weighted by molar-refractivity contribution is 7.99. The summed E-state index contributed by atoms with van der Waals surface area (Å²) in [4.78, 5) is 12.1. The van der Waals surface area contributed by atoms with Crippen molar-refractivity contribution in [1.82, 2.24) is 14.8 Å². The van der Waals surface area contributed by atoms with Gasteiger partial charge in [-0.2, -0.15) is 0 Å². The number of fused-ring (bicyclic) bond motifs is 1. The molecule has 98 valence electrons. The molecule has 19 heavy (non-hydrogen) atoms. The van der Waals surface area contributed by atoms with E-state index < -0.39 is 0 Å². The van der Waals surface area contributed by atoms with E-state index in [4.69, 9.17) is 11.6 Å². The number of nitrogens with one attached hydrogen (secondary N) is 1. The molecule has 1 amide bonds. The van der Waals surface area contributed by atoms with Gasteiger partial charge >= 0.3 is 0 Å². The molecule has 0 saturated carbocycles. The fraction of sp³-hybridized carbons (Fsp3) is 0.250. The van der Waals surface area contributed by atoms with Crippen LogP contribution in [0.25, 0.3) is 0 Å². The van der Waals surface area contributed by atoms with Crippen LogP contribution in [0.5, 0.6) is 0 Å². The zero-order chi connectivity index (χ0) is 13.2. The maximum Gasteiger partial charge on any atom is 0.258 e. The summed E-state index contributed by atoms with van der Waals surface area (Å²) in [5.41, 5.74) is 0.546. The third-order valence-corrected chi connectivity index (χ3v) is 4.11. The summed E-state index contributed by atoms with van der Waals surface area (Å²) in [7, 11) is 0. The first-order valence-corrected chi connectivity index (χ1v) is 7.23. The van der Waals surface area contributed by atoms with E-state index in [1.54, 1.807) is 36.0 Å². The molecule has 2 aromatic rings. The lowest BCUT2D eigenvalue weighted by molar-refractivity contribution is 0.102. The second kappa shape index (κ2) is 5.22. The van der Waals surface area contributed by atoms with E-state index >= 15 is 0 Å². The third kappa shape index (κ3) is 2.59. The molecule has 0 unspecified atom stereocenters. The van der Waals surface area contributed by atoms with Crippen molar-refractivity contribution in [2.24, 2.45) is 0 Å². The van der Waals surface area contributed by atoms with Crippen molar-refractivity contribution in [3.8, 4) is 0 Å². The highest BCUT2D eigenvalue weighted by Crippen LogP contribution is 2.25. The van der Waals surface area contributed by atoms with Crippen molar-refractivity contribution < 1.29 is 4.79 Å². The maximum atomic E-state index is 12.1. The summed E-state index contributed by atoms with van der Waals surface area (Å²) in [6, 6.07) is 6.73. The van der Waals surface area contributed by atoms with E-state index in [2.05, 4.69) is 15.5 Å². The van der Waals surface area contributed by atoms with Crippen LogP contribution in [0.2, 0.25) is 5.02 Å². The molecule has 1 aromatic heterocycles. The zero-order valence-electron chi connectivity index (χ0n) is 9.97. The minimum absolute atomic E-state index is 0.206. The minimum atomic E-state index is -0.206. The first-order valence-electron chi connectivity index (χ1n) is 5.87. The summed E-state index contributed by atoms with van der Waals surface area (Å²) in [5, 5.41) is 12.3. The minimum Gasteiger partial charge on any atom is -0.290 e. The molecule has 7 heteroatoms. The molecule has 0 bridgehead atoms. The summed E-state index contributed by atoms with van der Waals surface area (Å²) in [6.07, 6.45) is 1.06. The first-order chi connectivity index (χ1) is 9.24. The lowest BCUT2D eigenvalue weighted by Gasteiger charge is -2.14. The Morgan fingerprint density at radius 2 is 2.11 bits per heavy atom. The molecule has 1 aliphatic rings. The van der Waals surface area contributed by atoms with Gasteiger partial charge in [0.05, 0.1) is 0 Å². The zero-order valence-corrected chi connectivity index (χ0v) is 11.5. The number of rotatable bonds is 2. The lowest BCUT2D eigenvalue weighted by Crippen LogP contribution is -2.17. The second-order valence-corrected chi connectivity index (χ2v) is 5.62. The number of carbonyl (C=O) groups is 1. The number of halogens is 1. The van der Waals surface area contributed by atoms with Crippen LogP contribution in [0.3, 0.4) is 0 Å². The Labute approximate surface area is 119 Å². The molecule has 5 nitrogen and oxygen atoms in total. The average Bonchev–Trinajstić information content (AvgIpc) is 2.83. The first kappa shape index (κ1) is 12.5. The second-order valence-electron chi connectivity index (χ2n) is 4.12. The van der Waals surface area contributed by atoms with Crippen LogP contribution in [0.1, 0.15) is 16.8 Å². The van der Waals surface area contributed by atoms with Gasteiger partial charge in [-0.05, 0) is 30.7 Å². The number of nitrogens with zero attached hydrogens (tertiary/aromatic N) is 3. The largest absolute Gasteiger partial charge is 0.290 e. The quantitative estimate of drug-likeness (QED) is 0.925. The van der Waals surface area contributed by atoms with Crippen LogP contribution in [-0.4, -0.2) is 26.4 Å². The van der Waals surface area contributed by atoms with Gasteiger partial charge in [-0.15, -0.1) is 10.2 Å². The Balaban J connectivity index is 1.79. The van der Waals surface area contributed by atoms with Gasteiger partial charge in [0.25, 0.3) is 5.91 Å². The topological polar surface area (TPSA) is 59.8 Å². The number of aromatic nitrogens is 3. The summed E-state index contributed by atoms with van der Waals surface area (Å²) < 4.78 is 1.93. The van der Waals surface area contributed by atoms with E-state index in [1.807, 2.05) is 4.57 Å². The van der Waals surface area contributed by atoms with Crippen LogP contribution >= 0.6 is 23.4 Å². The fourth-order valence-electron chi connectivity index (χ4n) is 1.85. The molecule has 1 N–H and O–H groups in total. The monoisotopic (exact) mass is 294 g/mol. The third-order valence-electron chi connectivity index (χ3n) is 2.81. The van der Waals surface area contributed by atoms with E-state index in [-0.39, 0.29) is 5.91 Å². The van der Waals surface area contributed by atoms with Crippen molar-refractivity contribution in [1.29, 1.82) is 0 Å². The standard InChI is InChI=1S/C12H11ClN4OS/c13-9-4-2-8(3-5-9)10(18)14-11-15-16-12-17(11)6-1-7-19-12/h2-5H,1,6-7H2,(H,14,15,18). The van der Waals surface area contributed by atoms with Crippen molar-refractivity contribution in [3.05, 3.63) is 34.9 Å². The van der Waals surface area contributed by atoms with Crippen molar-refractivity contribution >= 4 is 35.2 Å². The van der Waals surface area contributed by atoms with E-state index in [0.29, 0.717) is 16.5 Å². The molecule has 1 aromatic carbocycles. The van der Waals surface area contributed by atoms with Gasteiger partial charge < -0.3 is 0 Å². The normalized spacial score (nSPS) is 13.9. The summed E-state index contributed by atoms with van der Waals surface area (Å²) in [5.74, 6) is 1.34. The molecule has 0 aliphatic carbocycles. The SMILES string of the molecule is O=C(Nc1nnc2n1CCCS2)c1ccc(Cl)cc1. The van der Waals surface area contributed by atoms with Gasteiger partial charge in [0.2, 0.25) is 5.95 Å². The number of hydrogen-bond donors (Lipinski definition) is 1. The Morgan fingerprint density at radius 3 is 2.89 bits per heavy atom. The molecular weight excluding hydrogens is 284 g/mol. The molecule has 0 spiro atoms. The van der Waals surface area contributed by atoms with Gasteiger partial charge in [0.15, 0.2) is 5.16 Å². The smallest absolute Gasteiger partial charge is 0.258 e. The van der Waals surface area contributed by atoms with Crippen molar-refractivity contribution in [3.63, 3.8) is 0 Å². The molecule has 1 aliphatic heterocycles. The molecule has 0 fully saturated rings. The van der Waals surface area contributed by atoms with Gasteiger partial charge in [-0.3, -0.25) is 14.7 Å². The Bertz CT molecular complexity index is 611. The molecule has 0 saturated heterocycles. The Morgan fingerprint density at radius 1 is 1.32 bits per heavy atom. The fourth-order valence-corrected chi connectivity index (χ4v) is 2.86. The number of benzene rings is 1. The van der Waals surface area contributed by atoms with Gasteiger partial charge in [-0.25, -0.2) is 0 Å². The van der Waals surface area contributed by atoms with Gasteiger partial charge in [0, 0.05) is 22.9 Å². The molecule has 3 rings (SSSR count). The van der Waals surface area contributed by atoms with Crippen LogP contribution in [0.4, 0.5) is 5.95 Å². The predicted molar refractivity (Wildman–Crippen MR) is 74.8 cm³/mol. The molecular formula is C12H11ClN4OS. The number of hydrogen-bond acceptors (Lipinski definition) is 4. The highest BCUT2D eigenvalue weighted by Gasteiger charge is 2.18. The van der Waals surface area contributed by atoms with Crippen molar-refractivity contribution in [2.45, 2.75) is 18.1 Å². The lowest BCUT2D eigenvalue weighted by atomic mass is 10.2. The molecule has 0 atom stereocenters. The van der Waals surface area contributed by atoms with Crippen LogP contribution in [0, 0.1) is 0 Å². The van der Waals surface area contributed by atoms with Gasteiger partial charge in [0.1, 0.15) is 0 Å². The van der Waals surface area contributed by atoms with Crippen LogP contribution in [0.15, 0.2) is 29.4 Å². The van der Waals surface area contributed by atoms with Gasteiger partial charge in [-0.1, -0.05) is 23.4 Å². The summed E-state index contributed by atoms with van der Waals surface area (Å²) in [6.45, 7) is 0.839. The summed E-state index contributed by atoms with van der Waals surface area (Å²) >= 11 is 7.45. The Kier molecular flexibility index (Phi) is 3.44. The average molecular weight is 295 g/mol. The number of thioether (sulfide) groups is 1. The van der Waals surface area contributed by atoms with E-state index in [0.717, 1.165) is 23.9 Å². The molecule has 0 radical (unpaired) electrons. The highest BCUT2D eigenvalue weighted by atomic mass is 35.5. The van der Waals surface area contributed by atoms with Crippen LogP contribution < -0.4 is 5.32 Å². The predicted octanol–water partition coefficient (Wildman–Crippen LogP) is 2.68. The molecule has 2 heterocycles. The van der Waals surface area contributed by atoms with Crippen molar-refractivity contribution in [2.75, 3.05) is 11.1 Å². The number of anilines is 1. The van der Waals surface area contributed by atoms with E-state index in [9.17, 15) is 4.79 Å². The van der Waals surface area contributed by atoms with E-state index in [1.165, 1.54) is 0 Å². The maximum absolute atomic E-state index is 12.1. The number of carbonyl (C=O) groups excluding carboxylic acids is 1. The Hall–Kier alpha value is -1.53. The number of amides is 1. The van der Waals surface area contributed by atoms with Crippen LogP contribution in [-0.2, 0) is 6.54 Å².